The van der Waals surface area contributed by atoms with Gasteiger partial charge in [0.15, 0.2) is 0 Å². The normalized spacial score (nSPS) is 12.2. The van der Waals surface area contributed by atoms with Crippen LogP contribution in [-0.4, -0.2) is 25.0 Å². The fourth-order valence-corrected chi connectivity index (χ4v) is 2.44. The molecule has 4 heteroatoms. The smallest absolute Gasteiger partial charge is 0.0424 e. The summed E-state index contributed by atoms with van der Waals surface area (Å²) in [5, 5.41) is 1.36. The number of halogens is 2. The van der Waals surface area contributed by atoms with Gasteiger partial charge in [0.05, 0.1) is 0 Å². The number of nitrogens with two attached hydrogens (primary N) is 1. The highest BCUT2D eigenvalue weighted by molar-refractivity contribution is 6.34. The lowest BCUT2D eigenvalue weighted by Gasteiger charge is -2.29. The number of hydrogen-bond donors (Lipinski definition) is 1. The Morgan fingerprint density at radius 3 is 2.18 bits per heavy atom. The fourth-order valence-electron chi connectivity index (χ4n) is 1.87. The summed E-state index contributed by atoms with van der Waals surface area (Å²) in [5.74, 6) is 0. The topological polar surface area (TPSA) is 29.3 Å². The number of benzene rings is 1. The second-order valence-electron chi connectivity index (χ2n) is 5.32. The van der Waals surface area contributed by atoms with Crippen LogP contribution >= 0.6 is 23.2 Å². The molecule has 0 aliphatic carbocycles. The van der Waals surface area contributed by atoms with Crippen molar-refractivity contribution in [2.24, 2.45) is 11.1 Å². The van der Waals surface area contributed by atoms with Gasteiger partial charge in [-0.05, 0) is 42.8 Å². The first kappa shape index (κ1) is 14.8. The third kappa shape index (κ3) is 5.26. The van der Waals surface area contributed by atoms with Gasteiger partial charge in [-0.3, -0.25) is 0 Å². The van der Waals surface area contributed by atoms with E-state index >= 15 is 0 Å². The standard InChI is InChI=1S/C13H20Cl2N2/c1-13(2,8-16)9-17(3)7-10-4-11(14)6-12(15)5-10/h4-6H,7-9,16H2,1-3H3. The summed E-state index contributed by atoms with van der Waals surface area (Å²) in [7, 11) is 2.08. The van der Waals surface area contributed by atoms with Gasteiger partial charge >= 0.3 is 0 Å². The van der Waals surface area contributed by atoms with Crippen molar-refractivity contribution in [2.75, 3.05) is 20.1 Å². The predicted octanol–water partition coefficient (Wildman–Crippen LogP) is 3.41. The third-order valence-corrected chi connectivity index (χ3v) is 3.06. The minimum absolute atomic E-state index is 0.122. The average Bonchev–Trinajstić information content (AvgIpc) is 2.14. The predicted molar refractivity (Wildman–Crippen MR) is 75.6 cm³/mol. The molecule has 0 saturated carbocycles. The third-order valence-electron chi connectivity index (χ3n) is 2.63. The van der Waals surface area contributed by atoms with Crippen LogP contribution in [-0.2, 0) is 6.54 Å². The molecule has 0 aromatic heterocycles. The van der Waals surface area contributed by atoms with Crippen LogP contribution < -0.4 is 5.73 Å². The molecule has 0 aliphatic heterocycles. The number of rotatable bonds is 5. The molecule has 2 N–H and O–H groups in total. The van der Waals surface area contributed by atoms with Gasteiger partial charge in [-0.1, -0.05) is 37.0 Å². The summed E-state index contributed by atoms with van der Waals surface area (Å²) in [4.78, 5) is 2.23. The quantitative estimate of drug-likeness (QED) is 0.892. The zero-order chi connectivity index (χ0) is 13.1. The first-order chi connectivity index (χ1) is 7.82. The Balaban J connectivity index is 2.65. The second-order valence-corrected chi connectivity index (χ2v) is 6.19. The summed E-state index contributed by atoms with van der Waals surface area (Å²) in [5.41, 5.74) is 6.97. The van der Waals surface area contributed by atoms with Crippen LogP contribution in [0, 0.1) is 5.41 Å². The van der Waals surface area contributed by atoms with Crippen molar-refractivity contribution in [3.63, 3.8) is 0 Å². The Hall–Kier alpha value is -0.280. The van der Waals surface area contributed by atoms with Crippen molar-refractivity contribution in [1.29, 1.82) is 0 Å². The molecule has 0 amide bonds. The van der Waals surface area contributed by atoms with Crippen molar-refractivity contribution in [3.05, 3.63) is 33.8 Å². The molecule has 0 unspecified atom stereocenters. The summed E-state index contributed by atoms with van der Waals surface area (Å²) in [6, 6.07) is 5.63. The highest BCUT2D eigenvalue weighted by atomic mass is 35.5. The highest BCUT2D eigenvalue weighted by Crippen LogP contribution is 2.21. The van der Waals surface area contributed by atoms with Crippen LogP contribution in [0.25, 0.3) is 0 Å². The van der Waals surface area contributed by atoms with Gasteiger partial charge in [0.1, 0.15) is 0 Å². The first-order valence-corrected chi connectivity index (χ1v) is 6.41. The molecule has 0 bridgehead atoms. The minimum Gasteiger partial charge on any atom is -0.330 e. The molecule has 0 saturated heterocycles. The van der Waals surface area contributed by atoms with Gasteiger partial charge in [0.25, 0.3) is 0 Å². The Morgan fingerprint density at radius 2 is 1.71 bits per heavy atom. The SMILES string of the molecule is CN(Cc1cc(Cl)cc(Cl)c1)CC(C)(C)CN. The van der Waals surface area contributed by atoms with Crippen LogP contribution in [0.3, 0.4) is 0 Å². The van der Waals surface area contributed by atoms with Crippen LogP contribution in [0.1, 0.15) is 19.4 Å². The summed E-state index contributed by atoms with van der Waals surface area (Å²) in [6.45, 7) is 6.76. The molecule has 96 valence electrons. The van der Waals surface area contributed by atoms with Crippen molar-refractivity contribution in [1.82, 2.24) is 4.90 Å². The molecule has 0 spiro atoms. The lowest BCUT2D eigenvalue weighted by atomic mass is 9.93. The Kier molecular flexibility index (Phi) is 5.26. The highest BCUT2D eigenvalue weighted by Gasteiger charge is 2.18. The van der Waals surface area contributed by atoms with E-state index in [0.29, 0.717) is 16.6 Å². The van der Waals surface area contributed by atoms with Crippen LogP contribution in [0.5, 0.6) is 0 Å². The molecule has 1 rings (SSSR count). The Labute approximate surface area is 114 Å². The van der Waals surface area contributed by atoms with Gasteiger partial charge in [-0.2, -0.15) is 0 Å². The Morgan fingerprint density at radius 1 is 1.18 bits per heavy atom. The molecule has 1 aromatic rings. The molecule has 0 aliphatic rings. The van der Waals surface area contributed by atoms with E-state index in [2.05, 4.69) is 25.8 Å². The average molecular weight is 275 g/mol. The first-order valence-electron chi connectivity index (χ1n) is 5.66. The van der Waals surface area contributed by atoms with Crippen LogP contribution in [0.2, 0.25) is 10.0 Å². The molecule has 0 radical (unpaired) electrons. The molecule has 0 fully saturated rings. The largest absolute Gasteiger partial charge is 0.330 e. The van der Waals surface area contributed by atoms with E-state index in [-0.39, 0.29) is 5.41 Å². The van der Waals surface area contributed by atoms with Gasteiger partial charge in [-0.25, -0.2) is 0 Å². The van der Waals surface area contributed by atoms with E-state index < -0.39 is 0 Å². The van der Waals surface area contributed by atoms with Crippen molar-refractivity contribution in [2.45, 2.75) is 20.4 Å². The maximum absolute atomic E-state index is 5.97. The maximum Gasteiger partial charge on any atom is 0.0424 e. The van der Waals surface area contributed by atoms with E-state index in [1.54, 1.807) is 6.07 Å². The lowest BCUT2D eigenvalue weighted by Crippen LogP contribution is -2.36. The van der Waals surface area contributed by atoms with Gasteiger partial charge in [0, 0.05) is 23.1 Å². The lowest BCUT2D eigenvalue weighted by molar-refractivity contribution is 0.210. The van der Waals surface area contributed by atoms with Crippen LogP contribution in [0.15, 0.2) is 18.2 Å². The van der Waals surface area contributed by atoms with E-state index in [4.69, 9.17) is 28.9 Å². The fraction of sp³-hybridized carbons (Fsp3) is 0.538. The molecule has 1 aromatic carbocycles. The second kappa shape index (κ2) is 6.05. The monoisotopic (exact) mass is 274 g/mol. The van der Waals surface area contributed by atoms with E-state index in [1.165, 1.54) is 0 Å². The number of hydrogen-bond acceptors (Lipinski definition) is 2. The van der Waals surface area contributed by atoms with Gasteiger partial charge in [0.2, 0.25) is 0 Å². The summed E-state index contributed by atoms with van der Waals surface area (Å²) < 4.78 is 0. The van der Waals surface area contributed by atoms with E-state index in [9.17, 15) is 0 Å². The minimum atomic E-state index is 0.122. The summed E-state index contributed by atoms with van der Waals surface area (Å²) >= 11 is 11.9. The van der Waals surface area contributed by atoms with E-state index in [0.717, 1.165) is 18.7 Å². The molecule has 0 heterocycles. The maximum atomic E-state index is 5.97. The molecule has 17 heavy (non-hydrogen) atoms. The van der Waals surface area contributed by atoms with Gasteiger partial charge in [-0.15, -0.1) is 0 Å². The number of nitrogens with zero attached hydrogens (tertiary/aromatic N) is 1. The van der Waals surface area contributed by atoms with E-state index in [1.807, 2.05) is 12.1 Å². The zero-order valence-corrected chi connectivity index (χ0v) is 12.1. The van der Waals surface area contributed by atoms with Crippen LogP contribution in [0.4, 0.5) is 0 Å². The Bertz CT molecular complexity index is 357. The zero-order valence-electron chi connectivity index (χ0n) is 10.6. The summed E-state index contributed by atoms with van der Waals surface area (Å²) in [6.07, 6.45) is 0. The molecule has 2 nitrogen and oxygen atoms in total. The molecular weight excluding hydrogens is 255 g/mol. The van der Waals surface area contributed by atoms with Crippen molar-refractivity contribution >= 4 is 23.2 Å². The van der Waals surface area contributed by atoms with Crippen molar-refractivity contribution < 1.29 is 0 Å². The van der Waals surface area contributed by atoms with Gasteiger partial charge < -0.3 is 10.6 Å². The molecular formula is C13H20Cl2N2. The van der Waals surface area contributed by atoms with Crippen molar-refractivity contribution in [3.8, 4) is 0 Å². The molecule has 0 atom stereocenters.